The van der Waals surface area contributed by atoms with Crippen LogP contribution in [0.2, 0.25) is 0 Å². The molecule has 1 unspecified atom stereocenters. The van der Waals surface area contributed by atoms with E-state index in [9.17, 15) is 14.0 Å². The van der Waals surface area contributed by atoms with Crippen LogP contribution in [0.4, 0.5) is 20.5 Å². The Morgan fingerprint density at radius 3 is 2.73 bits per heavy atom. The second-order valence-electron chi connectivity index (χ2n) is 9.58. The van der Waals surface area contributed by atoms with E-state index in [1.165, 1.54) is 30.3 Å². The van der Waals surface area contributed by atoms with Gasteiger partial charge in [-0.1, -0.05) is 12.1 Å². The Balaban J connectivity index is 1.15. The molecule has 2 heterocycles. The van der Waals surface area contributed by atoms with Gasteiger partial charge in [0.15, 0.2) is 17.2 Å². The van der Waals surface area contributed by atoms with E-state index >= 15 is 4.39 Å². The lowest BCUT2D eigenvalue weighted by atomic mass is 10.1. The first-order valence-electron chi connectivity index (χ1n) is 12.8. The Morgan fingerprint density at radius 2 is 1.95 bits per heavy atom. The van der Waals surface area contributed by atoms with Crippen molar-refractivity contribution in [3.63, 3.8) is 0 Å². The molecule has 1 fully saturated rings. The van der Waals surface area contributed by atoms with Crippen molar-refractivity contribution in [3.05, 3.63) is 82.9 Å². The van der Waals surface area contributed by atoms with Gasteiger partial charge in [-0.05, 0) is 73.4 Å². The SMILES string of the molecule is Cc1ccc(F)cc1Nc1nc2ccc(CC(=O)COCC3CCCN3Oc3ccc(C(=O)O)cc3)c(F)c2o1. The first-order chi connectivity index (χ1) is 19.3. The highest BCUT2D eigenvalue weighted by molar-refractivity contribution is 5.87. The Morgan fingerprint density at radius 1 is 1.15 bits per heavy atom. The van der Waals surface area contributed by atoms with Gasteiger partial charge in [-0.15, -0.1) is 5.06 Å². The largest absolute Gasteiger partial charge is 0.478 e. The van der Waals surface area contributed by atoms with Crippen molar-refractivity contribution in [3.8, 4) is 5.75 Å². The summed E-state index contributed by atoms with van der Waals surface area (Å²) in [6, 6.07) is 13.3. The Bertz CT molecular complexity index is 1540. The van der Waals surface area contributed by atoms with Gasteiger partial charge < -0.3 is 24.4 Å². The van der Waals surface area contributed by atoms with Crippen molar-refractivity contribution >= 4 is 34.6 Å². The number of aromatic carboxylic acids is 1. The van der Waals surface area contributed by atoms with Crippen molar-refractivity contribution in [1.82, 2.24) is 10.0 Å². The number of halogens is 2. The fraction of sp³-hybridized carbons (Fsp3) is 0.276. The molecule has 1 aliphatic heterocycles. The quantitative estimate of drug-likeness (QED) is 0.251. The molecule has 0 spiro atoms. The number of oxazole rings is 1. The highest BCUT2D eigenvalue weighted by atomic mass is 19.1. The number of benzene rings is 3. The molecule has 1 saturated heterocycles. The summed E-state index contributed by atoms with van der Waals surface area (Å²) in [4.78, 5) is 33.7. The number of ketones is 1. The predicted molar refractivity (Wildman–Crippen MR) is 142 cm³/mol. The molecule has 0 bridgehead atoms. The second-order valence-corrected chi connectivity index (χ2v) is 9.58. The molecular formula is C29H27F2N3O6. The van der Waals surface area contributed by atoms with E-state index in [2.05, 4.69) is 10.3 Å². The molecular weight excluding hydrogens is 524 g/mol. The average molecular weight is 552 g/mol. The van der Waals surface area contributed by atoms with Gasteiger partial charge in [-0.3, -0.25) is 4.79 Å². The van der Waals surface area contributed by atoms with Gasteiger partial charge in [0, 0.05) is 18.7 Å². The molecule has 0 aliphatic carbocycles. The zero-order valence-electron chi connectivity index (χ0n) is 21.7. The minimum absolute atomic E-state index is 0.00979. The number of aromatic nitrogens is 1. The number of carboxylic acids is 1. The third-order valence-electron chi connectivity index (χ3n) is 6.63. The van der Waals surface area contributed by atoms with E-state index in [0.29, 0.717) is 18.0 Å². The maximum absolute atomic E-state index is 15.1. The van der Waals surface area contributed by atoms with Gasteiger partial charge in [-0.2, -0.15) is 4.98 Å². The lowest BCUT2D eigenvalue weighted by molar-refractivity contribution is -0.126. The monoisotopic (exact) mass is 551 g/mol. The smallest absolute Gasteiger partial charge is 0.335 e. The lowest BCUT2D eigenvalue weighted by Crippen LogP contribution is -2.36. The predicted octanol–water partition coefficient (Wildman–Crippen LogP) is 5.44. The third kappa shape index (κ3) is 6.27. The van der Waals surface area contributed by atoms with E-state index in [-0.39, 0.29) is 59.7 Å². The number of Topliss-reactive ketones (excluding diaryl/α,β-unsaturated/α-hetero) is 1. The molecule has 40 heavy (non-hydrogen) atoms. The number of fused-ring (bicyclic) bond motifs is 1. The first-order valence-corrected chi connectivity index (χ1v) is 12.8. The number of nitrogens with one attached hydrogen (secondary N) is 1. The molecule has 11 heteroatoms. The van der Waals surface area contributed by atoms with Crippen molar-refractivity contribution in [2.24, 2.45) is 0 Å². The van der Waals surface area contributed by atoms with Crippen LogP contribution in [0.15, 0.2) is 59.0 Å². The number of hydrogen-bond acceptors (Lipinski definition) is 8. The number of hydroxylamine groups is 2. The third-order valence-corrected chi connectivity index (χ3v) is 6.63. The topological polar surface area (TPSA) is 114 Å². The van der Waals surface area contributed by atoms with Gasteiger partial charge in [0.05, 0.1) is 18.2 Å². The molecule has 0 amide bonds. The number of nitrogens with zero attached hydrogens (tertiary/aromatic N) is 2. The lowest BCUT2D eigenvalue weighted by Gasteiger charge is -2.24. The standard InChI is InChI=1S/C29H27F2N3O6/c1-17-4-8-20(30)14-25(17)33-29-32-24-11-7-19(26(31)27(24)39-29)13-22(35)16-38-15-21-3-2-12-34(21)40-23-9-5-18(6-10-23)28(36)37/h4-11,14,21H,2-3,12-13,15-16H2,1H3,(H,32,33)(H,36,37). The van der Waals surface area contributed by atoms with Crippen molar-refractivity contribution in [2.75, 3.05) is 25.1 Å². The number of aryl methyl sites for hydroxylation is 1. The van der Waals surface area contributed by atoms with Crippen molar-refractivity contribution in [2.45, 2.75) is 32.2 Å². The van der Waals surface area contributed by atoms with Crippen LogP contribution in [0.1, 0.15) is 34.3 Å². The molecule has 1 atom stereocenters. The summed E-state index contributed by atoms with van der Waals surface area (Å²) in [5.41, 5.74) is 1.70. The molecule has 5 rings (SSSR count). The van der Waals surface area contributed by atoms with E-state index < -0.39 is 17.6 Å². The van der Waals surface area contributed by atoms with Gasteiger partial charge in [0.2, 0.25) is 0 Å². The minimum atomic E-state index is -1.01. The first kappa shape index (κ1) is 27.2. The van der Waals surface area contributed by atoms with Crippen LogP contribution >= 0.6 is 0 Å². The highest BCUT2D eigenvalue weighted by Gasteiger charge is 2.27. The number of carboxylic acid groups (broad SMARTS) is 1. The van der Waals surface area contributed by atoms with Gasteiger partial charge in [-0.25, -0.2) is 13.6 Å². The van der Waals surface area contributed by atoms with E-state index in [4.69, 9.17) is 19.1 Å². The normalized spacial score (nSPS) is 15.4. The summed E-state index contributed by atoms with van der Waals surface area (Å²) in [5.74, 6) is -1.93. The van der Waals surface area contributed by atoms with E-state index in [1.807, 2.05) is 0 Å². The van der Waals surface area contributed by atoms with Crippen LogP contribution in [0.25, 0.3) is 11.1 Å². The molecule has 3 aromatic carbocycles. The summed E-state index contributed by atoms with van der Waals surface area (Å²) in [7, 11) is 0. The summed E-state index contributed by atoms with van der Waals surface area (Å²) in [6.07, 6.45) is 1.51. The molecule has 0 radical (unpaired) electrons. The van der Waals surface area contributed by atoms with Gasteiger partial charge in [0.25, 0.3) is 6.01 Å². The summed E-state index contributed by atoms with van der Waals surface area (Å²) < 4.78 is 39.9. The molecule has 208 valence electrons. The van der Waals surface area contributed by atoms with Crippen molar-refractivity contribution < 1.29 is 37.5 Å². The fourth-order valence-corrected chi connectivity index (χ4v) is 4.50. The van der Waals surface area contributed by atoms with Crippen LogP contribution in [-0.2, 0) is 16.0 Å². The van der Waals surface area contributed by atoms with Crippen LogP contribution in [0.5, 0.6) is 5.75 Å². The Hall–Kier alpha value is -4.35. The molecule has 0 saturated carbocycles. The minimum Gasteiger partial charge on any atom is -0.478 e. The highest BCUT2D eigenvalue weighted by Crippen LogP contribution is 2.28. The fourth-order valence-electron chi connectivity index (χ4n) is 4.50. The summed E-state index contributed by atoms with van der Waals surface area (Å²) in [5, 5.41) is 13.6. The molecule has 1 aliphatic rings. The zero-order chi connectivity index (χ0) is 28.2. The van der Waals surface area contributed by atoms with Gasteiger partial charge >= 0.3 is 5.97 Å². The van der Waals surface area contributed by atoms with Crippen LogP contribution in [0.3, 0.4) is 0 Å². The van der Waals surface area contributed by atoms with Gasteiger partial charge in [0.1, 0.15) is 23.7 Å². The average Bonchev–Trinajstić information content (AvgIpc) is 3.55. The van der Waals surface area contributed by atoms with Crippen LogP contribution < -0.4 is 10.2 Å². The summed E-state index contributed by atoms with van der Waals surface area (Å²) >= 11 is 0. The van der Waals surface area contributed by atoms with E-state index in [0.717, 1.165) is 18.4 Å². The summed E-state index contributed by atoms with van der Waals surface area (Å²) in [6.45, 7) is 2.50. The van der Waals surface area contributed by atoms with Crippen molar-refractivity contribution in [1.29, 1.82) is 0 Å². The van der Waals surface area contributed by atoms with Crippen LogP contribution in [-0.4, -0.2) is 52.7 Å². The number of carbonyl (C=O) groups is 2. The second kappa shape index (κ2) is 11.8. The number of hydrogen-bond donors (Lipinski definition) is 2. The van der Waals surface area contributed by atoms with E-state index in [1.54, 1.807) is 36.3 Å². The number of carbonyl (C=O) groups excluding carboxylic acids is 1. The Labute approximate surface area is 228 Å². The zero-order valence-corrected chi connectivity index (χ0v) is 21.7. The maximum Gasteiger partial charge on any atom is 0.335 e. The number of anilines is 2. The maximum atomic E-state index is 15.1. The molecule has 2 N–H and O–H groups in total. The molecule has 4 aromatic rings. The Kier molecular flexibility index (Phi) is 8.04. The number of rotatable bonds is 11. The molecule has 1 aromatic heterocycles. The van der Waals surface area contributed by atoms with Crippen LogP contribution in [0, 0.1) is 18.6 Å². The number of ether oxygens (including phenoxy) is 1. The molecule has 9 nitrogen and oxygen atoms in total.